The number of nitrogens with zero attached hydrogens (tertiary/aromatic N) is 2. The summed E-state index contributed by atoms with van der Waals surface area (Å²) >= 11 is 3.58. The zero-order chi connectivity index (χ0) is 17.9. The van der Waals surface area contributed by atoms with Crippen molar-refractivity contribution in [3.8, 4) is 0 Å². The van der Waals surface area contributed by atoms with Crippen LogP contribution in [0.15, 0.2) is 10.7 Å². The van der Waals surface area contributed by atoms with E-state index in [2.05, 4.69) is 39.7 Å². The molecular formula is C18H27BrN2O3. The van der Waals surface area contributed by atoms with Gasteiger partial charge in [0.25, 0.3) is 0 Å². The number of rotatable bonds is 5. The van der Waals surface area contributed by atoms with Crippen LogP contribution in [0.2, 0.25) is 0 Å². The van der Waals surface area contributed by atoms with E-state index in [0.717, 1.165) is 41.7 Å². The predicted molar refractivity (Wildman–Crippen MR) is 98.0 cm³/mol. The molecule has 1 aromatic heterocycles. The normalized spacial score (nSPS) is 17.2. The van der Waals surface area contributed by atoms with E-state index in [9.17, 15) is 9.90 Å². The Hall–Kier alpha value is -1.14. The van der Waals surface area contributed by atoms with Gasteiger partial charge in [0.05, 0.1) is 35.0 Å². The SMILES string of the molecule is CC(C)OC(=O)Cc1cnc(CO)c(Br)c1N1CCC(C)(C)CC1. The molecular weight excluding hydrogens is 372 g/mol. The Bertz CT molecular complexity index is 592. The molecule has 1 fully saturated rings. The van der Waals surface area contributed by atoms with Gasteiger partial charge in [-0.05, 0) is 48.0 Å². The summed E-state index contributed by atoms with van der Waals surface area (Å²) in [6.45, 7) is 9.96. The molecule has 0 amide bonds. The number of piperidine rings is 1. The van der Waals surface area contributed by atoms with Gasteiger partial charge in [-0.3, -0.25) is 9.78 Å². The van der Waals surface area contributed by atoms with Crippen molar-refractivity contribution in [3.63, 3.8) is 0 Å². The van der Waals surface area contributed by atoms with E-state index in [1.54, 1.807) is 6.20 Å². The van der Waals surface area contributed by atoms with Crippen molar-refractivity contribution in [1.82, 2.24) is 4.98 Å². The van der Waals surface area contributed by atoms with Gasteiger partial charge in [0.2, 0.25) is 0 Å². The van der Waals surface area contributed by atoms with Gasteiger partial charge in [-0.15, -0.1) is 0 Å². The molecule has 1 aliphatic rings. The Kier molecular flexibility index (Phi) is 6.26. The number of hydrogen-bond acceptors (Lipinski definition) is 5. The summed E-state index contributed by atoms with van der Waals surface area (Å²) in [6.07, 6.45) is 3.92. The largest absolute Gasteiger partial charge is 0.463 e. The van der Waals surface area contributed by atoms with Crippen LogP contribution in [0, 0.1) is 5.41 Å². The first kappa shape index (κ1) is 19.2. The molecule has 134 valence electrons. The number of pyridine rings is 1. The molecule has 24 heavy (non-hydrogen) atoms. The van der Waals surface area contributed by atoms with Crippen molar-refractivity contribution in [2.24, 2.45) is 5.41 Å². The Balaban J connectivity index is 2.30. The van der Waals surface area contributed by atoms with Gasteiger partial charge in [-0.1, -0.05) is 13.8 Å². The van der Waals surface area contributed by atoms with Gasteiger partial charge in [-0.25, -0.2) is 0 Å². The molecule has 0 aliphatic carbocycles. The standard InChI is InChI=1S/C18H27BrN2O3/c1-12(2)24-15(23)9-13-10-20-14(11-22)16(19)17(13)21-7-5-18(3,4)6-8-21/h10,12,22H,5-9,11H2,1-4H3. The monoisotopic (exact) mass is 398 g/mol. The van der Waals surface area contributed by atoms with Crippen LogP contribution < -0.4 is 4.90 Å². The van der Waals surface area contributed by atoms with E-state index in [1.165, 1.54) is 0 Å². The first-order valence-corrected chi connectivity index (χ1v) is 9.24. The van der Waals surface area contributed by atoms with E-state index in [0.29, 0.717) is 11.1 Å². The van der Waals surface area contributed by atoms with Crippen molar-refractivity contribution in [1.29, 1.82) is 0 Å². The van der Waals surface area contributed by atoms with Crippen LogP contribution in [0.25, 0.3) is 0 Å². The number of aromatic nitrogens is 1. The predicted octanol–water partition coefficient (Wildman–Crippen LogP) is 3.46. The molecule has 1 aliphatic heterocycles. The number of esters is 1. The lowest BCUT2D eigenvalue weighted by molar-refractivity contribution is -0.146. The highest BCUT2D eigenvalue weighted by molar-refractivity contribution is 9.10. The number of aliphatic hydroxyl groups is 1. The topological polar surface area (TPSA) is 62.7 Å². The lowest BCUT2D eigenvalue weighted by Gasteiger charge is -2.39. The van der Waals surface area contributed by atoms with Crippen LogP contribution in [0.3, 0.4) is 0 Å². The number of hydrogen-bond donors (Lipinski definition) is 1. The van der Waals surface area contributed by atoms with Crippen molar-refractivity contribution in [2.45, 2.75) is 59.7 Å². The number of carbonyl (C=O) groups is 1. The number of carbonyl (C=O) groups excluding carboxylic acids is 1. The lowest BCUT2D eigenvalue weighted by atomic mass is 9.82. The van der Waals surface area contributed by atoms with Gasteiger partial charge in [0.15, 0.2) is 0 Å². The van der Waals surface area contributed by atoms with Gasteiger partial charge >= 0.3 is 5.97 Å². The van der Waals surface area contributed by atoms with Crippen LogP contribution in [0.1, 0.15) is 51.8 Å². The molecule has 0 atom stereocenters. The van der Waals surface area contributed by atoms with E-state index in [4.69, 9.17) is 4.74 Å². The second kappa shape index (κ2) is 7.83. The third kappa shape index (κ3) is 4.70. The molecule has 1 aromatic rings. The molecule has 0 spiro atoms. The van der Waals surface area contributed by atoms with Crippen molar-refractivity contribution in [2.75, 3.05) is 18.0 Å². The third-order valence-corrected chi connectivity index (χ3v) is 5.26. The zero-order valence-corrected chi connectivity index (χ0v) is 16.5. The highest BCUT2D eigenvalue weighted by Gasteiger charge is 2.29. The van der Waals surface area contributed by atoms with Crippen molar-refractivity contribution < 1.29 is 14.6 Å². The molecule has 1 saturated heterocycles. The van der Waals surface area contributed by atoms with E-state index in [1.807, 2.05) is 13.8 Å². The average Bonchev–Trinajstić information content (AvgIpc) is 2.48. The molecule has 5 nitrogen and oxygen atoms in total. The van der Waals surface area contributed by atoms with Gasteiger partial charge in [0, 0.05) is 24.8 Å². The quantitative estimate of drug-likeness (QED) is 0.769. The van der Waals surface area contributed by atoms with Crippen LogP contribution in [0.4, 0.5) is 5.69 Å². The van der Waals surface area contributed by atoms with Crippen LogP contribution in [-0.4, -0.2) is 35.3 Å². The Morgan fingerprint density at radius 1 is 1.42 bits per heavy atom. The summed E-state index contributed by atoms with van der Waals surface area (Å²) in [5.74, 6) is -0.256. The molecule has 0 aromatic carbocycles. The Morgan fingerprint density at radius 3 is 2.58 bits per heavy atom. The van der Waals surface area contributed by atoms with E-state index in [-0.39, 0.29) is 25.1 Å². The summed E-state index contributed by atoms with van der Waals surface area (Å²) in [4.78, 5) is 18.7. The molecule has 0 unspecified atom stereocenters. The smallest absolute Gasteiger partial charge is 0.310 e. The zero-order valence-electron chi connectivity index (χ0n) is 14.9. The minimum Gasteiger partial charge on any atom is -0.463 e. The van der Waals surface area contributed by atoms with Crippen molar-refractivity contribution in [3.05, 3.63) is 21.9 Å². The van der Waals surface area contributed by atoms with Crippen LogP contribution >= 0.6 is 15.9 Å². The molecule has 6 heteroatoms. The fourth-order valence-corrected chi connectivity index (χ4v) is 3.66. The second-order valence-electron chi connectivity index (χ2n) is 7.42. The third-order valence-electron chi connectivity index (χ3n) is 4.43. The minimum absolute atomic E-state index is 0.134. The first-order chi connectivity index (χ1) is 11.2. The number of halogens is 1. The Morgan fingerprint density at radius 2 is 2.04 bits per heavy atom. The van der Waals surface area contributed by atoms with E-state index < -0.39 is 0 Å². The lowest BCUT2D eigenvalue weighted by Crippen LogP contribution is -2.38. The van der Waals surface area contributed by atoms with Gasteiger partial charge in [0.1, 0.15) is 0 Å². The molecule has 0 radical (unpaired) electrons. The van der Waals surface area contributed by atoms with Crippen LogP contribution in [0.5, 0.6) is 0 Å². The summed E-state index contributed by atoms with van der Waals surface area (Å²) < 4.78 is 6.05. The number of aliphatic hydroxyl groups excluding tert-OH is 1. The highest BCUT2D eigenvalue weighted by atomic mass is 79.9. The maximum Gasteiger partial charge on any atom is 0.310 e. The van der Waals surface area contributed by atoms with Gasteiger partial charge < -0.3 is 14.7 Å². The Labute approximate surface area is 152 Å². The molecule has 2 rings (SSSR count). The minimum atomic E-state index is -0.256. The fourth-order valence-electron chi connectivity index (χ4n) is 2.93. The molecule has 1 N–H and O–H groups in total. The summed E-state index contributed by atoms with van der Waals surface area (Å²) in [5.41, 5.74) is 2.73. The highest BCUT2D eigenvalue weighted by Crippen LogP contribution is 2.38. The molecule has 0 bridgehead atoms. The van der Waals surface area contributed by atoms with Gasteiger partial charge in [-0.2, -0.15) is 0 Å². The summed E-state index contributed by atoms with van der Waals surface area (Å²) in [5, 5.41) is 9.51. The summed E-state index contributed by atoms with van der Waals surface area (Å²) in [7, 11) is 0. The molecule has 2 heterocycles. The van der Waals surface area contributed by atoms with Crippen molar-refractivity contribution >= 4 is 27.6 Å². The first-order valence-electron chi connectivity index (χ1n) is 8.45. The number of anilines is 1. The number of ether oxygens (including phenoxy) is 1. The second-order valence-corrected chi connectivity index (χ2v) is 8.21. The van der Waals surface area contributed by atoms with Crippen LogP contribution in [-0.2, 0) is 22.6 Å². The average molecular weight is 399 g/mol. The maximum absolute atomic E-state index is 12.1. The molecule has 0 saturated carbocycles. The summed E-state index contributed by atoms with van der Waals surface area (Å²) in [6, 6.07) is 0. The maximum atomic E-state index is 12.1. The fraction of sp³-hybridized carbons (Fsp3) is 0.667. The van der Waals surface area contributed by atoms with E-state index >= 15 is 0 Å².